The van der Waals surface area contributed by atoms with E-state index in [0.29, 0.717) is 13.0 Å². The highest BCUT2D eigenvalue weighted by Gasteiger charge is 2.08. The highest BCUT2D eigenvalue weighted by Crippen LogP contribution is 2.22. The number of aromatic nitrogens is 2. The van der Waals surface area contributed by atoms with E-state index in [1.54, 1.807) is 6.92 Å². The molecule has 5 heteroatoms. The number of benzene rings is 2. The molecule has 3 rings (SSSR count). The summed E-state index contributed by atoms with van der Waals surface area (Å²) in [6, 6.07) is 13.9. The standard InChI is InChI=1S/C21H20N2O2.CH4O/c1-3-4-17(11-12-24)18-6-8-20(9-7-18)25-15-16-5-10-21-19(13-16)14-23(2)22-21;1-2/h5-10,12-14,17H,11,15H2,1-2H3;2H,1H3/t17-;/m0./s1. The number of carbonyl (C=O) groups excluding carboxylic acids is 1. The van der Waals surface area contributed by atoms with Gasteiger partial charge in [-0.1, -0.05) is 24.1 Å². The summed E-state index contributed by atoms with van der Waals surface area (Å²) in [7, 11) is 2.92. The van der Waals surface area contributed by atoms with Gasteiger partial charge in [-0.2, -0.15) is 5.10 Å². The fourth-order valence-electron chi connectivity index (χ4n) is 2.80. The van der Waals surface area contributed by atoms with E-state index < -0.39 is 0 Å². The van der Waals surface area contributed by atoms with Gasteiger partial charge in [-0.05, 0) is 42.3 Å². The lowest BCUT2D eigenvalue weighted by Crippen LogP contribution is -1.98. The van der Waals surface area contributed by atoms with Crippen LogP contribution in [-0.2, 0) is 18.4 Å². The number of rotatable bonds is 6. The molecule has 0 saturated heterocycles. The Bertz CT molecular complexity index is 934. The molecule has 0 radical (unpaired) electrons. The molecule has 27 heavy (non-hydrogen) atoms. The zero-order valence-corrected chi connectivity index (χ0v) is 15.8. The Hall–Kier alpha value is -3.10. The molecule has 1 heterocycles. The summed E-state index contributed by atoms with van der Waals surface area (Å²) in [5, 5.41) is 12.5. The minimum atomic E-state index is -0.0514. The molecular formula is C22H24N2O3. The SMILES string of the molecule is CC#C[C@@H](CC=O)c1ccc(OCc2ccc3nn(C)cc3c2)cc1.CO. The first-order chi connectivity index (χ1) is 13.2. The van der Waals surface area contributed by atoms with E-state index in [0.717, 1.165) is 41.2 Å². The third-order valence-electron chi connectivity index (χ3n) is 4.02. The number of hydrogen-bond acceptors (Lipinski definition) is 4. The van der Waals surface area contributed by atoms with Gasteiger partial charge in [-0.15, -0.1) is 5.92 Å². The van der Waals surface area contributed by atoms with E-state index >= 15 is 0 Å². The van der Waals surface area contributed by atoms with Crippen molar-refractivity contribution in [2.75, 3.05) is 7.11 Å². The normalized spacial score (nSPS) is 11.0. The Kier molecular flexibility index (Phi) is 7.60. The summed E-state index contributed by atoms with van der Waals surface area (Å²) in [4.78, 5) is 10.8. The van der Waals surface area contributed by atoms with Crippen LogP contribution in [0.1, 0.15) is 30.4 Å². The summed E-state index contributed by atoms with van der Waals surface area (Å²) in [6.07, 6.45) is 3.32. The lowest BCUT2D eigenvalue weighted by molar-refractivity contribution is -0.107. The van der Waals surface area contributed by atoms with Crippen molar-refractivity contribution < 1.29 is 14.6 Å². The smallest absolute Gasteiger partial charge is 0.121 e. The van der Waals surface area contributed by atoms with Crippen LogP contribution < -0.4 is 4.74 Å². The monoisotopic (exact) mass is 364 g/mol. The number of nitrogens with zero attached hydrogens (tertiary/aromatic N) is 2. The summed E-state index contributed by atoms with van der Waals surface area (Å²) in [5.74, 6) is 6.69. The fraction of sp³-hybridized carbons (Fsp3) is 0.273. The van der Waals surface area contributed by atoms with E-state index in [-0.39, 0.29) is 5.92 Å². The molecule has 140 valence electrons. The maximum Gasteiger partial charge on any atom is 0.121 e. The van der Waals surface area contributed by atoms with E-state index in [9.17, 15) is 4.79 Å². The summed E-state index contributed by atoms with van der Waals surface area (Å²) < 4.78 is 7.68. The second-order valence-electron chi connectivity index (χ2n) is 5.90. The second-order valence-corrected chi connectivity index (χ2v) is 5.90. The molecule has 0 aliphatic carbocycles. The van der Waals surface area contributed by atoms with E-state index in [1.165, 1.54) is 0 Å². The molecule has 0 unspecified atom stereocenters. The van der Waals surface area contributed by atoms with Crippen LogP contribution in [0, 0.1) is 11.8 Å². The van der Waals surface area contributed by atoms with Gasteiger partial charge in [0.1, 0.15) is 18.6 Å². The Morgan fingerprint density at radius 1 is 1.22 bits per heavy atom. The molecule has 1 atom stereocenters. The number of aryl methyl sites for hydroxylation is 1. The van der Waals surface area contributed by atoms with Crippen molar-refractivity contribution in [2.24, 2.45) is 7.05 Å². The maximum atomic E-state index is 10.8. The number of ether oxygens (including phenoxy) is 1. The number of carbonyl (C=O) groups is 1. The van der Waals surface area contributed by atoms with Crippen LogP contribution in [0.4, 0.5) is 0 Å². The van der Waals surface area contributed by atoms with Gasteiger partial charge >= 0.3 is 0 Å². The van der Waals surface area contributed by atoms with Gasteiger partial charge in [0.2, 0.25) is 0 Å². The van der Waals surface area contributed by atoms with Crippen molar-refractivity contribution in [1.82, 2.24) is 9.78 Å². The molecular weight excluding hydrogens is 340 g/mol. The van der Waals surface area contributed by atoms with Crippen LogP contribution in [0.25, 0.3) is 10.9 Å². The molecule has 2 aromatic carbocycles. The van der Waals surface area contributed by atoms with Gasteiger partial charge in [0.25, 0.3) is 0 Å². The zero-order chi connectivity index (χ0) is 19.6. The Morgan fingerprint density at radius 3 is 2.63 bits per heavy atom. The van der Waals surface area contributed by atoms with E-state index in [2.05, 4.69) is 23.0 Å². The average molecular weight is 364 g/mol. The number of aliphatic hydroxyl groups is 1. The highest BCUT2D eigenvalue weighted by molar-refractivity contribution is 5.78. The molecule has 0 saturated carbocycles. The summed E-state index contributed by atoms with van der Waals surface area (Å²) >= 11 is 0. The third-order valence-corrected chi connectivity index (χ3v) is 4.02. The van der Waals surface area contributed by atoms with E-state index in [4.69, 9.17) is 9.84 Å². The van der Waals surface area contributed by atoms with Crippen LogP contribution in [0.2, 0.25) is 0 Å². The van der Waals surface area contributed by atoms with Crippen molar-refractivity contribution in [3.63, 3.8) is 0 Å². The molecule has 1 N–H and O–H groups in total. The molecule has 0 aliphatic rings. The van der Waals surface area contributed by atoms with Crippen molar-refractivity contribution in [3.8, 4) is 17.6 Å². The summed E-state index contributed by atoms with van der Waals surface area (Å²) in [6.45, 7) is 2.28. The first-order valence-corrected chi connectivity index (χ1v) is 8.65. The first kappa shape index (κ1) is 20.2. The molecule has 0 fully saturated rings. The largest absolute Gasteiger partial charge is 0.489 e. The predicted molar refractivity (Wildman–Crippen MR) is 107 cm³/mol. The Balaban J connectivity index is 0.00000126. The first-order valence-electron chi connectivity index (χ1n) is 8.65. The van der Waals surface area contributed by atoms with Gasteiger partial charge in [0.05, 0.1) is 11.4 Å². The van der Waals surface area contributed by atoms with Crippen LogP contribution in [0.15, 0.2) is 48.7 Å². The lowest BCUT2D eigenvalue weighted by Gasteiger charge is -2.10. The maximum absolute atomic E-state index is 10.8. The molecule has 1 aromatic heterocycles. The Labute approximate surface area is 159 Å². The van der Waals surface area contributed by atoms with Gasteiger partial charge in [-0.25, -0.2) is 0 Å². The molecule has 0 amide bonds. The number of aliphatic hydroxyl groups excluding tert-OH is 1. The van der Waals surface area contributed by atoms with E-state index in [1.807, 2.05) is 54.3 Å². The average Bonchev–Trinajstić information content (AvgIpc) is 3.07. The van der Waals surface area contributed by atoms with Crippen LogP contribution in [-0.4, -0.2) is 28.3 Å². The predicted octanol–water partition coefficient (Wildman–Crippen LogP) is 3.46. The molecule has 0 spiro atoms. The number of aldehydes is 1. The molecule has 0 bridgehead atoms. The molecule has 3 aromatic rings. The van der Waals surface area contributed by atoms with Gasteiger partial charge in [-0.3, -0.25) is 4.68 Å². The van der Waals surface area contributed by atoms with Crippen molar-refractivity contribution in [2.45, 2.75) is 25.9 Å². The van der Waals surface area contributed by atoms with Crippen molar-refractivity contribution >= 4 is 17.2 Å². The molecule has 0 aliphatic heterocycles. The third kappa shape index (κ3) is 5.44. The van der Waals surface area contributed by atoms with Crippen molar-refractivity contribution in [1.29, 1.82) is 0 Å². The topological polar surface area (TPSA) is 64.3 Å². The highest BCUT2D eigenvalue weighted by atomic mass is 16.5. The number of hydrogen-bond donors (Lipinski definition) is 1. The van der Waals surface area contributed by atoms with Gasteiger partial charge in [0.15, 0.2) is 0 Å². The quantitative estimate of drug-likeness (QED) is 0.537. The van der Waals surface area contributed by atoms with Crippen molar-refractivity contribution in [3.05, 3.63) is 59.8 Å². The van der Waals surface area contributed by atoms with Crippen LogP contribution in [0.5, 0.6) is 5.75 Å². The van der Waals surface area contributed by atoms with Crippen LogP contribution >= 0.6 is 0 Å². The summed E-state index contributed by atoms with van der Waals surface area (Å²) in [5.41, 5.74) is 3.11. The second kappa shape index (κ2) is 10.1. The van der Waals surface area contributed by atoms with Crippen LogP contribution in [0.3, 0.4) is 0 Å². The lowest BCUT2D eigenvalue weighted by atomic mass is 9.97. The number of fused-ring (bicyclic) bond motifs is 1. The molecule has 5 nitrogen and oxygen atoms in total. The van der Waals surface area contributed by atoms with Gasteiger partial charge < -0.3 is 14.6 Å². The fourth-order valence-corrected chi connectivity index (χ4v) is 2.80. The minimum absolute atomic E-state index is 0.0514. The zero-order valence-electron chi connectivity index (χ0n) is 15.8. The van der Waals surface area contributed by atoms with Gasteiger partial charge in [0, 0.05) is 32.2 Å². The Morgan fingerprint density at radius 2 is 1.96 bits per heavy atom. The minimum Gasteiger partial charge on any atom is -0.489 e.